The molecule has 0 bridgehead atoms. The highest BCUT2D eigenvalue weighted by Gasteiger charge is 2.12. The molecule has 15 heavy (non-hydrogen) atoms. The number of halogens is 2. The Labute approximate surface area is 105 Å². The largest absolute Gasteiger partial charge is 0.318 e. The highest BCUT2D eigenvalue weighted by Crippen LogP contribution is 2.28. The summed E-state index contributed by atoms with van der Waals surface area (Å²) in [6.45, 7) is 0. The third-order valence-electron chi connectivity index (χ3n) is 2.02. The molecule has 0 fully saturated rings. The third kappa shape index (κ3) is 2.39. The van der Waals surface area contributed by atoms with Crippen molar-refractivity contribution in [1.29, 1.82) is 0 Å². The summed E-state index contributed by atoms with van der Waals surface area (Å²) in [5.41, 5.74) is 7.02. The van der Waals surface area contributed by atoms with Crippen LogP contribution in [0.1, 0.15) is 16.6 Å². The van der Waals surface area contributed by atoms with Crippen LogP contribution >= 0.6 is 38.9 Å². The van der Waals surface area contributed by atoms with Crippen LogP contribution < -0.4 is 5.73 Å². The molecule has 2 N–H and O–H groups in total. The van der Waals surface area contributed by atoms with Gasteiger partial charge < -0.3 is 5.73 Å². The SMILES string of the molecule is NC(c1ccc(Br)c(Cl)c1)c1nccs1. The fourth-order valence-corrected chi connectivity index (χ4v) is 2.34. The topological polar surface area (TPSA) is 38.9 Å². The molecular weight excluding hydrogens is 296 g/mol. The van der Waals surface area contributed by atoms with E-state index in [1.807, 2.05) is 23.6 Å². The molecule has 78 valence electrons. The van der Waals surface area contributed by atoms with Crippen LogP contribution in [-0.2, 0) is 0 Å². The second-order valence-electron chi connectivity index (χ2n) is 3.02. The Kier molecular flexibility index (Phi) is 3.41. The first kappa shape index (κ1) is 11.1. The van der Waals surface area contributed by atoms with E-state index < -0.39 is 0 Å². The molecule has 0 amide bonds. The third-order valence-corrected chi connectivity index (χ3v) is 4.11. The summed E-state index contributed by atoms with van der Waals surface area (Å²) in [5, 5.41) is 3.48. The molecule has 1 atom stereocenters. The molecule has 1 aromatic carbocycles. The van der Waals surface area contributed by atoms with E-state index in [0.717, 1.165) is 15.0 Å². The van der Waals surface area contributed by atoms with E-state index in [4.69, 9.17) is 17.3 Å². The average molecular weight is 304 g/mol. The van der Waals surface area contributed by atoms with Crippen molar-refractivity contribution in [2.75, 3.05) is 0 Å². The van der Waals surface area contributed by atoms with Crippen molar-refractivity contribution in [1.82, 2.24) is 4.98 Å². The maximum Gasteiger partial charge on any atom is 0.114 e. The van der Waals surface area contributed by atoms with Gasteiger partial charge in [-0.15, -0.1) is 11.3 Å². The maximum absolute atomic E-state index is 6.05. The maximum atomic E-state index is 6.05. The number of nitrogens with two attached hydrogens (primary N) is 1. The lowest BCUT2D eigenvalue weighted by atomic mass is 10.1. The van der Waals surface area contributed by atoms with Crippen LogP contribution in [0.25, 0.3) is 0 Å². The lowest BCUT2D eigenvalue weighted by Gasteiger charge is -2.09. The summed E-state index contributed by atoms with van der Waals surface area (Å²) in [6, 6.07) is 5.50. The molecule has 0 saturated carbocycles. The molecule has 2 rings (SSSR count). The molecule has 0 saturated heterocycles. The van der Waals surface area contributed by atoms with E-state index in [1.165, 1.54) is 0 Å². The minimum atomic E-state index is -0.199. The second-order valence-corrected chi connectivity index (χ2v) is 5.21. The summed E-state index contributed by atoms with van der Waals surface area (Å²) >= 11 is 10.9. The van der Waals surface area contributed by atoms with Crippen LogP contribution in [0.2, 0.25) is 5.02 Å². The van der Waals surface area contributed by atoms with Gasteiger partial charge in [0.05, 0.1) is 11.1 Å². The van der Waals surface area contributed by atoms with Gasteiger partial charge in [-0.2, -0.15) is 0 Å². The van der Waals surface area contributed by atoms with E-state index in [9.17, 15) is 0 Å². The van der Waals surface area contributed by atoms with Crippen LogP contribution in [-0.4, -0.2) is 4.98 Å². The van der Waals surface area contributed by atoms with Gasteiger partial charge in [0.1, 0.15) is 5.01 Å². The van der Waals surface area contributed by atoms with Crippen LogP contribution in [0.3, 0.4) is 0 Å². The molecule has 1 heterocycles. The van der Waals surface area contributed by atoms with Crippen molar-refractivity contribution >= 4 is 38.9 Å². The van der Waals surface area contributed by atoms with E-state index in [1.54, 1.807) is 17.5 Å². The number of hydrogen-bond acceptors (Lipinski definition) is 3. The monoisotopic (exact) mass is 302 g/mol. The Balaban J connectivity index is 2.34. The molecule has 0 spiro atoms. The van der Waals surface area contributed by atoms with Crippen LogP contribution in [0.4, 0.5) is 0 Å². The number of nitrogens with zero attached hydrogens (tertiary/aromatic N) is 1. The number of benzene rings is 1. The van der Waals surface area contributed by atoms with E-state index in [0.29, 0.717) is 5.02 Å². The van der Waals surface area contributed by atoms with Gasteiger partial charge in [0.25, 0.3) is 0 Å². The zero-order chi connectivity index (χ0) is 10.8. The zero-order valence-corrected chi connectivity index (χ0v) is 10.8. The lowest BCUT2D eigenvalue weighted by Crippen LogP contribution is -2.11. The van der Waals surface area contributed by atoms with Gasteiger partial charge in [0, 0.05) is 16.0 Å². The first-order valence-electron chi connectivity index (χ1n) is 4.28. The van der Waals surface area contributed by atoms with E-state index >= 15 is 0 Å². The van der Waals surface area contributed by atoms with Crippen LogP contribution in [0, 0.1) is 0 Å². The Bertz CT molecular complexity index is 458. The minimum absolute atomic E-state index is 0.199. The molecule has 0 radical (unpaired) electrons. The molecule has 0 aliphatic rings. The van der Waals surface area contributed by atoms with Gasteiger partial charge >= 0.3 is 0 Å². The first-order valence-corrected chi connectivity index (χ1v) is 6.33. The van der Waals surface area contributed by atoms with E-state index in [-0.39, 0.29) is 6.04 Å². The van der Waals surface area contributed by atoms with Crippen molar-refractivity contribution < 1.29 is 0 Å². The fraction of sp³-hybridized carbons (Fsp3) is 0.100. The summed E-state index contributed by atoms with van der Waals surface area (Å²) in [7, 11) is 0. The standard InChI is InChI=1S/C10H8BrClN2S/c11-7-2-1-6(5-8(7)12)9(13)10-14-3-4-15-10/h1-5,9H,13H2. The van der Waals surface area contributed by atoms with Crippen molar-refractivity contribution in [3.8, 4) is 0 Å². The van der Waals surface area contributed by atoms with Crippen molar-refractivity contribution in [2.45, 2.75) is 6.04 Å². The van der Waals surface area contributed by atoms with Gasteiger partial charge in [0.15, 0.2) is 0 Å². The van der Waals surface area contributed by atoms with Crippen molar-refractivity contribution in [2.24, 2.45) is 5.73 Å². The van der Waals surface area contributed by atoms with E-state index in [2.05, 4.69) is 20.9 Å². The highest BCUT2D eigenvalue weighted by atomic mass is 79.9. The number of thiazole rings is 1. The summed E-state index contributed by atoms with van der Waals surface area (Å²) < 4.78 is 0.874. The normalized spacial score (nSPS) is 12.7. The van der Waals surface area contributed by atoms with Crippen LogP contribution in [0.5, 0.6) is 0 Å². The van der Waals surface area contributed by atoms with Gasteiger partial charge in [-0.05, 0) is 33.6 Å². The highest BCUT2D eigenvalue weighted by molar-refractivity contribution is 9.10. The Morgan fingerprint density at radius 2 is 2.27 bits per heavy atom. The molecule has 5 heteroatoms. The molecule has 2 aromatic rings. The number of aromatic nitrogens is 1. The van der Waals surface area contributed by atoms with Gasteiger partial charge in [-0.1, -0.05) is 17.7 Å². The molecule has 0 aliphatic heterocycles. The summed E-state index contributed by atoms with van der Waals surface area (Å²) in [6.07, 6.45) is 1.75. The van der Waals surface area contributed by atoms with Crippen molar-refractivity contribution in [3.05, 3.63) is 49.8 Å². The smallest absolute Gasteiger partial charge is 0.114 e. The zero-order valence-electron chi connectivity index (χ0n) is 7.65. The lowest BCUT2D eigenvalue weighted by molar-refractivity contribution is 0.857. The Morgan fingerprint density at radius 1 is 1.47 bits per heavy atom. The van der Waals surface area contributed by atoms with Gasteiger partial charge in [-0.3, -0.25) is 0 Å². The van der Waals surface area contributed by atoms with Crippen LogP contribution in [0.15, 0.2) is 34.2 Å². The summed E-state index contributed by atoms with van der Waals surface area (Å²) in [5.74, 6) is 0. The van der Waals surface area contributed by atoms with Gasteiger partial charge in [-0.25, -0.2) is 4.98 Å². The minimum Gasteiger partial charge on any atom is -0.318 e. The predicted octanol–water partition coefficient (Wildman–Crippen LogP) is 3.61. The number of rotatable bonds is 2. The molecule has 1 unspecified atom stereocenters. The first-order chi connectivity index (χ1) is 7.18. The quantitative estimate of drug-likeness (QED) is 0.920. The molecule has 2 nitrogen and oxygen atoms in total. The fourth-order valence-electron chi connectivity index (χ4n) is 1.24. The molecule has 0 aliphatic carbocycles. The molecule has 1 aromatic heterocycles. The Morgan fingerprint density at radius 3 is 2.87 bits per heavy atom. The summed E-state index contributed by atoms with van der Waals surface area (Å²) in [4.78, 5) is 4.18. The van der Waals surface area contributed by atoms with Gasteiger partial charge in [0.2, 0.25) is 0 Å². The average Bonchev–Trinajstić information content (AvgIpc) is 2.74. The number of hydrogen-bond donors (Lipinski definition) is 1. The molecular formula is C10H8BrClN2S. The van der Waals surface area contributed by atoms with Crippen molar-refractivity contribution in [3.63, 3.8) is 0 Å². The second kappa shape index (κ2) is 4.61. The Hall–Kier alpha value is -0.420. The predicted molar refractivity (Wildman–Crippen MR) is 67.3 cm³/mol.